The van der Waals surface area contributed by atoms with E-state index in [0.29, 0.717) is 27.6 Å². The van der Waals surface area contributed by atoms with Crippen molar-refractivity contribution < 1.29 is 23.5 Å². The monoisotopic (exact) mass is 510 g/mol. The van der Waals surface area contributed by atoms with Gasteiger partial charge in [-0.3, -0.25) is 19.3 Å². The predicted octanol–water partition coefficient (Wildman–Crippen LogP) is 6.04. The lowest BCUT2D eigenvalue weighted by Crippen LogP contribution is -2.36. The molecule has 0 atom stereocenters. The number of carbonyl (C=O) groups is 3. The molecule has 9 heteroatoms. The van der Waals surface area contributed by atoms with Crippen LogP contribution in [-0.4, -0.2) is 28.5 Å². The molecule has 1 N–H and O–H groups in total. The third kappa shape index (κ3) is 6.09. The number of imide groups is 1. The van der Waals surface area contributed by atoms with Gasteiger partial charge < -0.3 is 10.1 Å². The maximum absolute atomic E-state index is 13.8. The average molecular weight is 511 g/mol. The van der Waals surface area contributed by atoms with Crippen molar-refractivity contribution in [3.8, 4) is 5.75 Å². The van der Waals surface area contributed by atoms with Gasteiger partial charge in [-0.1, -0.05) is 48.0 Å². The minimum absolute atomic E-state index is 0.0496. The number of rotatable bonds is 7. The molecule has 1 aliphatic rings. The highest BCUT2D eigenvalue weighted by Crippen LogP contribution is 2.32. The number of anilines is 1. The van der Waals surface area contributed by atoms with E-state index in [9.17, 15) is 18.8 Å². The Morgan fingerprint density at radius 2 is 1.91 bits per heavy atom. The number of hydrogen-bond donors (Lipinski definition) is 1. The molecule has 4 rings (SSSR count). The Morgan fingerprint density at radius 3 is 2.69 bits per heavy atom. The summed E-state index contributed by atoms with van der Waals surface area (Å²) in [7, 11) is 0. The van der Waals surface area contributed by atoms with Crippen LogP contribution in [0.1, 0.15) is 16.7 Å². The molecule has 178 valence electrons. The second-order valence-electron chi connectivity index (χ2n) is 7.73. The van der Waals surface area contributed by atoms with Crippen LogP contribution >= 0.6 is 23.4 Å². The standard InChI is InChI=1S/C26H20ClFN2O4S/c1-16-9-10-19(13-21(16)27)29-24(31)14-30-25(32)23(35-26(30)33)12-17-5-4-7-20(11-17)34-15-18-6-2-3-8-22(18)28/h2-13H,14-15H2,1H3,(H,29,31)/b23-12+. The van der Waals surface area contributed by atoms with Crippen LogP contribution in [-0.2, 0) is 16.2 Å². The first kappa shape index (κ1) is 24.5. The zero-order valence-electron chi connectivity index (χ0n) is 18.6. The smallest absolute Gasteiger partial charge is 0.294 e. The van der Waals surface area contributed by atoms with Crippen LogP contribution in [0.3, 0.4) is 0 Å². The normalized spacial score (nSPS) is 14.5. The number of aryl methyl sites for hydroxylation is 1. The third-order valence-electron chi connectivity index (χ3n) is 5.14. The van der Waals surface area contributed by atoms with Gasteiger partial charge >= 0.3 is 0 Å². The van der Waals surface area contributed by atoms with Gasteiger partial charge in [0.15, 0.2) is 0 Å². The minimum atomic E-state index is -0.560. The zero-order valence-corrected chi connectivity index (χ0v) is 20.2. The van der Waals surface area contributed by atoms with Gasteiger partial charge in [-0.2, -0.15) is 0 Å². The Morgan fingerprint density at radius 1 is 1.11 bits per heavy atom. The van der Waals surface area contributed by atoms with Gasteiger partial charge in [0.1, 0.15) is 24.7 Å². The molecule has 35 heavy (non-hydrogen) atoms. The number of ether oxygens (including phenoxy) is 1. The SMILES string of the molecule is Cc1ccc(NC(=O)CN2C(=O)S/C(=C/c3cccc(OCc4ccccc4F)c3)C2=O)cc1Cl. The fraction of sp³-hybridized carbons (Fsp3) is 0.115. The second-order valence-corrected chi connectivity index (χ2v) is 9.13. The van der Waals surface area contributed by atoms with E-state index in [4.69, 9.17) is 16.3 Å². The summed E-state index contributed by atoms with van der Waals surface area (Å²) in [5.41, 5.74) is 2.38. The van der Waals surface area contributed by atoms with Gasteiger partial charge in [0.25, 0.3) is 11.1 Å². The van der Waals surface area contributed by atoms with Gasteiger partial charge in [-0.15, -0.1) is 0 Å². The maximum atomic E-state index is 13.8. The summed E-state index contributed by atoms with van der Waals surface area (Å²) in [6.07, 6.45) is 1.55. The van der Waals surface area contributed by atoms with E-state index in [1.54, 1.807) is 66.7 Å². The number of nitrogens with zero attached hydrogens (tertiary/aromatic N) is 1. The number of hydrogen-bond acceptors (Lipinski definition) is 5. The van der Waals surface area contributed by atoms with E-state index in [2.05, 4.69) is 5.32 Å². The number of benzene rings is 3. The van der Waals surface area contributed by atoms with Crippen molar-refractivity contribution in [2.75, 3.05) is 11.9 Å². The molecule has 3 amide bonds. The lowest BCUT2D eigenvalue weighted by molar-refractivity contribution is -0.127. The lowest BCUT2D eigenvalue weighted by Gasteiger charge is -2.13. The number of halogens is 2. The molecule has 0 unspecified atom stereocenters. The molecule has 3 aromatic carbocycles. The first-order valence-electron chi connectivity index (χ1n) is 10.6. The van der Waals surface area contributed by atoms with Crippen LogP contribution in [0.25, 0.3) is 6.08 Å². The highest BCUT2D eigenvalue weighted by molar-refractivity contribution is 8.18. The number of amides is 3. The Balaban J connectivity index is 1.40. The first-order valence-corrected chi connectivity index (χ1v) is 11.8. The van der Waals surface area contributed by atoms with E-state index in [-0.39, 0.29) is 17.3 Å². The summed E-state index contributed by atoms with van der Waals surface area (Å²) >= 11 is 6.83. The molecule has 0 aromatic heterocycles. The van der Waals surface area contributed by atoms with E-state index in [0.717, 1.165) is 22.2 Å². The molecular weight excluding hydrogens is 491 g/mol. The van der Waals surface area contributed by atoms with E-state index in [1.807, 2.05) is 6.92 Å². The van der Waals surface area contributed by atoms with Crippen LogP contribution in [0.2, 0.25) is 5.02 Å². The summed E-state index contributed by atoms with van der Waals surface area (Å²) < 4.78 is 19.5. The minimum Gasteiger partial charge on any atom is -0.489 e. The molecule has 0 aliphatic carbocycles. The fourth-order valence-corrected chi connectivity index (χ4v) is 4.29. The average Bonchev–Trinajstić information content (AvgIpc) is 3.08. The molecule has 0 bridgehead atoms. The summed E-state index contributed by atoms with van der Waals surface area (Å²) in [6.45, 7) is 1.47. The third-order valence-corrected chi connectivity index (χ3v) is 6.45. The Labute approximate surface area is 210 Å². The molecule has 1 aliphatic heterocycles. The van der Waals surface area contributed by atoms with E-state index < -0.39 is 23.6 Å². The largest absolute Gasteiger partial charge is 0.489 e. The van der Waals surface area contributed by atoms with Crippen LogP contribution in [0, 0.1) is 12.7 Å². The summed E-state index contributed by atoms with van der Waals surface area (Å²) in [6, 6.07) is 18.3. The molecule has 1 saturated heterocycles. The maximum Gasteiger partial charge on any atom is 0.294 e. The van der Waals surface area contributed by atoms with Crippen LogP contribution in [0.4, 0.5) is 14.9 Å². The Bertz CT molecular complexity index is 1340. The summed E-state index contributed by atoms with van der Waals surface area (Å²) in [4.78, 5) is 38.7. The Hall–Kier alpha value is -3.62. The van der Waals surface area contributed by atoms with Crippen molar-refractivity contribution in [1.82, 2.24) is 4.90 Å². The van der Waals surface area contributed by atoms with Crippen molar-refractivity contribution >= 4 is 52.2 Å². The second kappa shape index (κ2) is 10.8. The van der Waals surface area contributed by atoms with Gasteiger partial charge in [0.05, 0.1) is 4.91 Å². The first-order chi connectivity index (χ1) is 16.8. The van der Waals surface area contributed by atoms with E-state index >= 15 is 0 Å². The topological polar surface area (TPSA) is 75.7 Å². The summed E-state index contributed by atoms with van der Waals surface area (Å²) in [5.74, 6) is -0.948. The fourth-order valence-electron chi connectivity index (χ4n) is 3.27. The van der Waals surface area contributed by atoms with E-state index in [1.165, 1.54) is 6.07 Å². The van der Waals surface area contributed by atoms with Gasteiger partial charge in [0.2, 0.25) is 5.91 Å². The van der Waals surface area contributed by atoms with Crippen molar-refractivity contribution in [2.45, 2.75) is 13.5 Å². The molecule has 6 nitrogen and oxygen atoms in total. The van der Waals surface area contributed by atoms with Crippen LogP contribution in [0.5, 0.6) is 5.75 Å². The molecule has 0 spiro atoms. The molecule has 3 aromatic rings. The zero-order chi connectivity index (χ0) is 24.9. The number of thioether (sulfide) groups is 1. The number of nitrogens with one attached hydrogen (secondary N) is 1. The van der Waals surface area contributed by atoms with Crippen molar-refractivity contribution in [3.63, 3.8) is 0 Å². The molecule has 1 heterocycles. The molecule has 0 radical (unpaired) electrons. The quantitative estimate of drug-likeness (QED) is 0.392. The van der Waals surface area contributed by atoms with Crippen LogP contribution in [0.15, 0.2) is 71.6 Å². The molecular formula is C26H20ClFN2O4S. The predicted molar refractivity (Wildman–Crippen MR) is 135 cm³/mol. The van der Waals surface area contributed by atoms with Gasteiger partial charge in [-0.25, -0.2) is 4.39 Å². The molecule has 0 saturated carbocycles. The van der Waals surface area contributed by atoms with Crippen molar-refractivity contribution in [2.24, 2.45) is 0 Å². The highest BCUT2D eigenvalue weighted by Gasteiger charge is 2.36. The molecule has 1 fully saturated rings. The highest BCUT2D eigenvalue weighted by atomic mass is 35.5. The lowest BCUT2D eigenvalue weighted by atomic mass is 10.2. The number of carbonyl (C=O) groups excluding carboxylic acids is 3. The van der Waals surface area contributed by atoms with Crippen molar-refractivity contribution in [3.05, 3.63) is 99.2 Å². The van der Waals surface area contributed by atoms with Crippen LogP contribution < -0.4 is 10.1 Å². The Kier molecular flexibility index (Phi) is 7.53. The van der Waals surface area contributed by atoms with Gasteiger partial charge in [0, 0.05) is 16.3 Å². The summed E-state index contributed by atoms with van der Waals surface area (Å²) in [5, 5.41) is 2.60. The van der Waals surface area contributed by atoms with Crippen molar-refractivity contribution in [1.29, 1.82) is 0 Å². The van der Waals surface area contributed by atoms with Gasteiger partial charge in [-0.05, 0) is 66.2 Å².